The van der Waals surface area contributed by atoms with Gasteiger partial charge in [0, 0.05) is 12.0 Å². The molecule has 0 spiro atoms. The third-order valence-corrected chi connectivity index (χ3v) is 4.82. The summed E-state index contributed by atoms with van der Waals surface area (Å²) < 4.78 is 11.6. The molecule has 2 bridgehead atoms. The minimum atomic E-state index is -1.30. The fourth-order valence-corrected chi connectivity index (χ4v) is 3.68. The van der Waals surface area contributed by atoms with Crippen LogP contribution in [0.15, 0.2) is 42.5 Å². The van der Waals surface area contributed by atoms with Gasteiger partial charge in [-0.05, 0) is 30.7 Å². The van der Waals surface area contributed by atoms with Crippen LogP contribution >= 0.6 is 0 Å². The first-order valence-corrected chi connectivity index (χ1v) is 8.21. The van der Waals surface area contributed by atoms with Gasteiger partial charge in [0.2, 0.25) is 0 Å². The molecule has 2 heterocycles. The fraction of sp³-hybridized carbons (Fsp3) is 0.263. The summed E-state index contributed by atoms with van der Waals surface area (Å²) in [5.74, 6) is -0.142. The summed E-state index contributed by atoms with van der Waals surface area (Å²) in [6.45, 7) is 1.81. The highest BCUT2D eigenvalue weighted by atomic mass is 16.5. The highest BCUT2D eigenvalue weighted by molar-refractivity contribution is 5.96. The van der Waals surface area contributed by atoms with Crippen molar-refractivity contribution in [2.24, 2.45) is 0 Å². The lowest BCUT2D eigenvalue weighted by Gasteiger charge is -2.50. The summed E-state index contributed by atoms with van der Waals surface area (Å²) in [6.07, 6.45) is 0.508. The quantitative estimate of drug-likeness (QED) is 0.909. The number of amides is 2. The SMILES string of the molecule is COc1cccc2c1O[C@]1(C)C[C@H]2NC(=O)N1c1cccc(C(=O)[O-])c1. The van der Waals surface area contributed by atoms with Crippen molar-refractivity contribution in [1.29, 1.82) is 0 Å². The Kier molecular flexibility index (Phi) is 3.54. The van der Waals surface area contributed by atoms with E-state index in [1.807, 2.05) is 12.1 Å². The Labute approximate surface area is 150 Å². The maximum absolute atomic E-state index is 12.8. The van der Waals surface area contributed by atoms with Gasteiger partial charge in [0.25, 0.3) is 0 Å². The van der Waals surface area contributed by atoms with Gasteiger partial charge in [0.05, 0.1) is 24.8 Å². The summed E-state index contributed by atoms with van der Waals surface area (Å²) in [5, 5.41) is 14.1. The number of carboxylic acid groups (broad SMARTS) is 1. The smallest absolute Gasteiger partial charge is 0.325 e. The summed E-state index contributed by atoms with van der Waals surface area (Å²) in [5.41, 5.74) is 0.288. The molecule has 0 saturated carbocycles. The average molecular weight is 353 g/mol. The van der Waals surface area contributed by atoms with E-state index in [1.165, 1.54) is 17.0 Å². The summed E-state index contributed by atoms with van der Waals surface area (Å²) >= 11 is 0. The van der Waals surface area contributed by atoms with Crippen LogP contribution in [0.2, 0.25) is 0 Å². The van der Waals surface area contributed by atoms with Crippen LogP contribution in [-0.4, -0.2) is 24.8 Å². The van der Waals surface area contributed by atoms with Gasteiger partial charge in [0.15, 0.2) is 17.2 Å². The van der Waals surface area contributed by atoms with E-state index in [4.69, 9.17) is 9.47 Å². The number of rotatable bonds is 3. The first-order valence-electron chi connectivity index (χ1n) is 8.21. The van der Waals surface area contributed by atoms with Crippen LogP contribution in [0.3, 0.4) is 0 Å². The number of urea groups is 1. The predicted molar refractivity (Wildman–Crippen MR) is 91.2 cm³/mol. The van der Waals surface area contributed by atoms with Crippen LogP contribution in [-0.2, 0) is 0 Å². The predicted octanol–water partition coefficient (Wildman–Crippen LogP) is 1.83. The highest BCUT2D eigenvalue weighted by Crippen LogP contribution is 2.48. The van der Waals surface area contributed by atoms with Crippen molar-refractivity contribution in [2.45, 2.75) is 25.1 Å². The van der Waals surface area contributed by atoms with Crippen molar-refractivity contribution in [1.82, 2.24) is 5.32 Å². The van der Waals surface area contributed by atoms with Crippen LogP contribution in [0, 0.1) is 0 Å². The number of methoxy groups -OCH3 is 1. The molecule has 1 N–H and O–H groups in total. The van der Waals surface area contributed by atoms with E-state index in [0.29, 0.717) is 23.6 Å². The monoisotopic (exact) mass is 353 g/mol. The Hall–Kier alpha value is -3.22. The van der Waals surface area contributed by atoms with Gasteiger partial charge in [-0.2, -0.15) is 0 Å². The minimum Gasteiger partial charge on any atom is -0.545 e. The molecule has 2 aliphatic heterocycles. The van der Waals surface area contributed by atoms with Crippen molar-refractivity contribution >= 4 is 17.7 Å². The number of carboxylic acids is 1. The normalized spacial score (nSPS) is 23.5. The van der Waals surface area contributed by atoms with E-state index in [2.05, 4.69) is 5.32 Å². The number of ether oxygens (including phenoxy) is 2. The number of carbonyl (C=O) groups is 2. The van der Waals surface area contributed by atoms with Gasteiger partial charge >= 0.3 is 6.03 Å². The van der Waals surface area contributed by atoms with E-state index < -0.39 is 11.7 Å². The Bertz CT molecular complexity index is 913. The number of aromatic carboxylic acids is 1. The van der Waals surface area contributed by atoms with E-state index in [1.54, 1.807) is 32.2 Å². The zero-order valence-electron chi connectivity index (χ0n) is 14.3. The zero-order valence-corrected chi connectivity index (χ0v) is 14.3. The van der Waals surface area contributed by atoms with E-state index in [9.17, 15) is 14.7 Å². The summed E-state index contributed by atoms with van der Waals surface area (Å²) in [6, 6.07) is 11.0. The molecule has 7 heteroatoms. The lowest BCUT2D eigenvalue weighted by Crippen LogP contribution is -2.65. The van der Waals surface area contributed by atoms with Gasteiger partial charge in [-0.15, -0.1) is 0 Å². The Morgan fingerprint density at radius 3 is 2.85 bits per heavy atom. The van der Waals surface area contributed by atoms with Crippen LogP contribution in [0.5, 0.6) is 11.5 Å². The maximum Gasteiger partial charge on any atom is 0.325 e. The molecule has 2 atom stereocenters. The molecular formula is C19H17N2O5-. The number of hydrogen-bond donors (Lipinski definition) is 1. The molecule has 26 heavy (non-hydrogen) atoms. The maximum atomic E-state index is 12.8. The standard InChI is InChI=1S/C19H18N2O5/c1-19-10-14(13-7-4-8-15(25-2)16(13)26-19)20-18(24)21(19)12-6-3-5-11(9-12)17(22)23/h3-9,14H,10H2,1-2H3,(H,20,24)(H,22,23)/p-1/t14-,19-/m1/s1. The summed E-state index contributed by atoms with van der Waals surface area (Å²) in [4.78, 5) is 25.4. The molecule has 0 aromatic heterocycles. The molecule has 2 aliphatic rings. The number of hydrogen-bond acceptors (Lipinski definition) is 5. The number of para-hydroxylation sites is 1. The van der Waals surface area contributed by atoms with Crippen LogP contribution in [0.25, 0.3) is 0 Å². The minimum absolute atomic E-state index is 0.00480. The van der Waals surface area contributed by atoms with Gasteiger partial charge < -0.3 is 24.7 Å². The number of benzene rings is 2. The topological polar surface area (TPSA) is 90.9 Å². The molecule has 1 saturated heterocycles. The molecule has 0 unspecified atom stereocenters. The second kappa shape index (κ2) is 5.66. The highest BCUT2D eigenvalue weighted by Gasteiger charge is 2.50. The number of nitrogens with zero attached hydrogens (tertiary/aromatic N) is 1. The molecule has 0 radical (unpaired) electrons. The van der Waals surface area contributed by atoms with Gasteiger partial charge in [-0.1, -0.05) is 24.3 Å². The molecule has 4 rings (SSSR count). The van der Waals surface area contributed by atoms with E-state index in [-0.39, 0.29) is 17.6 Å². The average Bonchev–Trinajstić information content (AvgIpc) is 2.60. The summed E-state index contributed by atoms with van der Waals surface area (Å²) in [7, 11) is 1.56. The molecular weight excluding hydrogens is 336 g/mol. The van der Waals surface area contributed by atoms with E-state index >= 15 is 0 Å². The molecule has 0 aliphatic carbocycles. The van der Waals surface area contributed by atoms with Crippen molar-refractivity contribution in [3.8, 4) is 11.5 Å². The lowest BCUT2D eigenvalue weighted by atomic mass is 9.90. The van der Waals surface area contributed by atoms with Crippen molar-refractivity contribution in [3.05, 3.63) is 53.6 Å². The fourth-order valence-electron chi connectivity index (χ4n) is 3.68. The molecule has 2 aromatic rings. The third kappa shape index (κ3) is 2.35. The molecule has 134 valence electrons. The number of fused-ring (bicyclic) bond motifs is 4. The van der Waals surface area contributed by atoms with Crippen LogP contribution < -0.4 is 24.8 Å². The molecule has 1 fully saturated rings. The Morgan fingerprint density at radius 1 is 1.35 bits per heavy atom. The third-order valence-electron chi connectivity index (χ3n) is 4.82. The van der Waals surface area contributed by atoms with Gasteiger partial charge in [-0.25, -0.2) is 4.79 Å². The number of anilines is 1. The first-order chi connectivity index (χ1) is 12.4. The first kappa shape index (κ1) is 16.3. The van der Waals surface area contributed by atoms with Crippen molar-refractivity contribution in [3.63, 3.8) is 0 Å². The second-order valence-electron chi connectivity index (χ2n) is 6.54. The number of nitrogens with one attached hydrogen (secondary N) is 1. The molecule has 2 aromatic carbocycles. The lowest BCUT2D eigenvalue weighted by molar-refractivity contribution is -0.255. The van der Waals surface area contributed by atoms with Crippen LogP contribution in [0.1, 0.15) is 35.3 Å². The van der Waals surface area contributed by atoms with Gasteiger partial charge in [-0.3, -0.25) is 4.90 Å². The van der Waals surface area contributed by atoms with E-state index in [0.717, 1.165) is 5.56 Å². The second-order valence-corrected chi connectivity index (χ2v) is 6.54. The van der Waals surface area contributed by atoms with Crippen molar-refractivity contribution < 1.29 is 24.2 Å². The molecule has 2 amide bonds. The molecule has 7 nitrogen and oxygen atoms in total. The van der Waals surface area contributed by atoms with Crippen molar-refractivity contribution in [2.75, 3.05) is 12.0 Å². The number of carbonyl (C=O) groups excluding carboxylic acids is 2. The zero-order chi connectivity index (χ0) is 18.5. The Balaban J connectivity index is 1.81. The van der Waals surface area contributed by atoms with Crippen LogP contribution in [0.4, 0.5) is 10.5 Å². The largest absolute Gasteiger partial charge is 0.545 e. The Morgan fingerprint density at radius 2 is 2.12 bits per heavy atom. The van der Waals surface area contributed by atoms with Gasteiger partial charge in [0.1, 0.15) is 0 Å².